The third-order valence-electron chi connectivity index (χ3n) is 2.21. The third kappa shape index (κ3) is 5.51. The molecule has 0 aliphatic rings. The number of nitrogens with one attached hydrogen (secondary N) is 2. The lowest BCUT2D eigenvalue weighted by Crippen LogP contribution is -2.52. The number of rotatable bonds is 6. The van der Waals surface area contributed by atoms with Gasteiger partial charge in [0.1, 0.15) is 12.1 Å². The van der Waals surface area contributed by atoms with Gasteiger partial charge < -0.3 is 20.5 Å². The number of carbonyl (C=O) groups is 3. The number of carboxylic acids is 1. The van der Waals surface area contributed by atoms with Crippen LogP contribution in [0.25, 0.3) is 0 Å². The van der Waals surface area contributed by atoms with Gasteiger partial charge in [-0.2, -0.15) is 0 Å². The van der Waals surface area contributed by atoms with Crippen molar-refractivity contribution in [2.45, 2.75) is 39.8 Å². The number of carboxylic acid groups (broad SMARTS) is 1. The van der Waals surface area contributed by atoms with Crippen LogP contribution in [0.4, 0.5) is 4.79 Å². The second-order valence-corrected chi connectivity index (χ2v) is 4.15. The molecule has 2 atom stereocenters. The molecule has 0 fully saturated rings. The molecule has 0 saturated heterocycles. The van der Waals surface area contributed by atoms with Crippen LogP contribution in [0.15, 0.2) is 0 Å². The SMILES string of the molecule is CCOC(=O)C(C)NC(=O)NC(C(=O)O)C(C)C. The Morgan fingerprint density at radius 1 is 1.17 bits per heavy atom. The summed E-state index contributed by atoms with van der Waals surface area (Å²) in [5, 5.41) is 13.5. The number of aliphatic carboxylic acids is 1. The number of amides is 2. The van der Waals surface area contributed by atoms with Gasteiger partial charge in [-0.3, -0.25) is 0 Å². The van der Waals surface area contributed by atoms with Crippen molar-refractivity contribution in [3.63, 3.8) is 0 Å². The molecule has 0 saturated carbocycles. The Bertz CT molecular complexity index is 317. The Morgan fingerprint density at radius 2 is 1.72 bits per heavy atom. The predicted molar refractivity (Wildman–Crippen MR) is 64.0 cm³/mol. The van der Waals surface area contributed by atoms with E-state index < -0.39 is 30.1 Å². The highest BCUT2D eigenvalue weighted by atomic mass is 16.5. The summed E-state index contributed by atoms with van der Waals surface area (Å²) in [6.45, 7) is 6.69. The van der Waals surface area contributed by atoms with Gasteiger partial charge in [0.05, 0.1) is 6.61 Å². The van der Waals surface area contributed by atoms with Crippen LogP contribution in [0.5, 0.6) is 0 Å². The van der Waals surface area contributed by atoms with Crippen LogP contribution in [0.3, 0.4) is 0 Å². The van der Waals surface area contributed by atoms with Crippen LogP contribution in [-0.2, 0) is 14.3 Å². The van der Waals surface area contributed by atoms with Crippen LogP contribution in [0, 0.1) is 5.92 Å². The molecule has 18 heavy (non-hydrogen) atoms. The Balaban J connectivity index is 4.33. The summed E-state index contributed by atoms with van der Waals surface area (Å²) in [6, 6.07) is -2.54. The zero-order valence-electron chi connectivity index (χ0n) is 11.0. The fourth-order valence-corrected chi connectivity index (χ4v) is 1.22. The van der Waals surface area contributed by atoms with E-state index in [2.05, 4.69) is 10.6 Å². The average molecular weight is 260 g/mol. The Labute approximate surface area is 106 Å². The summed E-state index contributed by atoms with van der Waals surface area (Å²) in [7, 11) is 0. The number of hydrogen-bond acceptors (Lipinski definition) is 4. The maximum Gasteiger partial charge on any atom is 0.328 e. The molecule has 0 aliphatic heterocycles. The zero-order valence-corrected chi connectivity index (χ0v) is 11.0. The molecule has 3 N–H and O–H groups in total. The molecule has 0 aromatic carbocycles. The van der Waals surface area contributed by atoms with Crippen molar-refractivity contribution >= 4 is 18.0 Å². The van der Waals surface area contributed by atoms with Gasteiger partial charge >= 0.3 is 18.0 Å². The second-order valence-electron chi connectivity index (χ2n) is 4.15. The molecular weight excluding hydrogens is 240 g/mol. The van der Waals surface area contributed by atoms with E-state index in [1.807, 2.05) is 0 Å². The second kappa shape index (κ2) is 7.52. The summed E-state index contributed by atoms with van der Waals surface area (Å²) in [5.41, 5.74) is 0. The fraction of sp³-hybridized carbons (Fsp3) is 0.727. The molecule has 0 spiro atoms. The summed E-state index contributed by atoms with van der Waals surface area (Å²) < 4.78 is 4.71. The molecule has 104 valence electrons. The number of urea groups is 1. The molecular formula is C11H20N2O5. The summed E-state index contributed by atoms with van der Waals surface area (Å²) in [5.74, 6) is -1.95. The smallest absolute Gasteiger partial charge is 0.328 e. The quantitative estimate of drug-likeness (QED) is 0.597. The molecule has 0 rings (SSSR count). The minimum Gasteiger partial charge on any atom is -0.480 e. The highest BCUT2D eigenvalue weighted by Gasteiger charge is 2.25. The molecule has 0 aliphatic carbocycles. The lowest BCUT2D eigenvalue weighted by Gasteiger charge is -2.19. The third-order valence-corrected chi connectivity index (χ3v) is 2.21. The van der Waals surface area contributed by atoms with Gasteiger partial charge in [-0.25, -0.2) is 14.4 Å². The molecule has 2 unspecified atom stereocenters. The minimum absolute atomic E-state index is 0.218. The van der Waals surface area contributed by atoms with Gasteiger partial charge in [0.25, 0.3) is 0 Å². The standard InChI is InChI=1S/C11H20N2O5/c1-5-18-10(16)7(4)12-11(17)13-8(6(2)3)9(14)15/h6-8H,5H2,1-4H3,(H,14,15)(H2,12,13,17). The summed E-state index contributed by atoms with van der Waals surface area (Å²) >= 11 is 0. The first kappa shape index (κ1) is 16.2. The van der Waals surface area contributed by atoms with E-state index in [0.717, 1.165) is 0 Å². The largest absolute Gasteiger partial charge is 0.480 e. The van der Waals surface area contributed by atoms with E-state index in [-0.39, 0.29) is 12.5 Å². The van der Waals surface area contributed by atoms with E-state index in [1.165, 1.54) is 6.92 Å². The molecule has 0 aromatic heterocycles. The average Bonchev–Trinajstić information content (AvgIpc) is 2.25. The highest BCUT2D eigenvalue weighted by molar-refractivity contribution is 5.86. The van der Waals surface area contributed by atoms with Crippen LogP contribution in [0.1, 0.15) is 27.7 Å². The Hall–Kier alpha value is -1.79. The van der Waals surface area contributed by atoms with Crippen LogP contribution < -0.4 is 10.6 Å². The molecule has 0 radical (unpaired) electrons. The molecule has 7 heteroatoms. The van der Waals surface area contributed by atoms with E-state index in [0.29, 0.717) is 0 Å². The molecule has 2 amide bonds. The lowest BCUT2D eigenvalue weighted by molar-refractivity contribution is -0.144. The van der Waals surface area contributed by atoms with Crippen molar-refractivity contribution in [3.8, 4) is 0 Å². The minimum atomic E-state index is -1.12. The van der Waals surface area contributed by atoms with Gasteiger partial charge in [-0.1, -0.05) is 13.8 Å². The Kier molecular flexibility index (Phi) is 6.77. The van der Waals surface area contributed by atoms with Gasteiger partial charge in [-0.05, 0) is 19.8 Å². The van der Waals surface area contributed by atoms with Crippen LogP contribution in [-0.4, -0.2) is 41.8 Å². The normalized spacial score (nSPS) is 13.6. The van der Waals surface area contributed by atoms with Gasteiger partial charge in [0.2, 0.25) is 0 Å². The monoisotopic (exact) mass is 260 g/mol. The van der Waals surface area contributed by atoms with Crippen molar-refractivity contribution in [1.29, 1.82) is 0 Å². The van der Waals surface area contributed by atoms with Crippen molar-refractivity contribution in [2.24, 2.45) is 5.92 Å². The van der Waals surface area contributed by atoms with E-state index >= 15 is 0 Å². The lowest BCUT2D eigenvalue weighted by atomic mass is 10.1. The zero-order chi connectivity index (χ0) is 14.3. The van der Waals surface area contributed by atoms with Gasteiger partial charge in [0.15, 0.2) is 0 Å². The summed E-state index contributed by atoms with van der Waals surface area (Å²) in [6.07, 6.45) is 0. The number of carbonyl (C=O) groups excluding carboxylic acids is 2. The first-order valence-electron chi connectivity index (χ1n) is 5.76. The molecule has 0 bridgehead atoms. The topological polar surface area (TPSA) is 105 Å². The van der Waals surface area contributed by atoms with Crippen LogP contribution >= 0.6 is 0 Å². The van der Waals surface area contributed by atoms with Gasteiger partial charge in [-0.15, -0.1) is 0 Å². The van der Waals surface area contributed by atoms with Crippen molar-refractivity contribution in [3.05, 3.63) is 0 Å². The van der Waals surface area contributed by atoms with Crippen molar-refractivity contribution in [1.82, 2.24) is 10.6 Å². The number of ether oxygens (including phenoxy) is 1. The molecule has 7 nitrogen and oxygen atoms in total. The van der Waals surface area contributed by atoms with Crippen LogP contribution in [0.2, 0.25) is 0 Å². The first-order chi connectivity index (χ1) is 8.29. The first-order valence-corrected chi connectivity index (χ1v) is 5.76. The number of hydrogen-bond donors (Lipinski definition) is 3. The van der Waals surface area contributed by atoms with E-state index in [4.69, 9.17) is 9.84 Å². The highest BCUT2D eigenvalue weighted by Crippen LogP contribution is 2.01. The van der Waals surface area contributed by atoms with Crippen molar-refractivity contribution < 1.29 is 24.2 Å². The Morgan fingerprint density at radius 3 is 2.11 bits per heavy atom. The molecule has 0 heterocycles. The maximum atomic E-state index is 11.5. The van der Waals surface area contributed by atoms with E-state index in [1.54, 1.807) is 20.8 Å². The van der Waals surface area contributed by atoms with Gasteiger partial charge in [0, 0.05) is 0 Å². The molecule has 0 aromatic rings. The maximum absolute atomic E-state index is 11.5. The number of esters is 1. The van der Waals surface area contributed by atoms with E-state index in [9.17, 15) is 14.4 Å². The fourth-order valence-electron chi connectivity index (χ4n) is 1.22. The van der Waals surface area contributed by atoms with Crippen molar-refractivity contribution in [2.75, 3.05) is 6.61 Å². The summed E-state index contributed by atoms with van der Waals surface area (Å²) in [4.78, 5) is 33.6. The predicted octanol–water partition coefficient (Wildman–Crippen LogP) is 0.346.